The van der Waals surface area contributed by atoms with E-state index in [9.17, 15) is 9.18 Å². The summed E-state index contributed by atoms with van der Waals surface area (Å²) in [6.45, 7) is 19.4. The Morgan fingerprint density at radius 2 is 1.63 bits per heavy atom. The quantitative estimate of drug-likeness (QED) is 0.151. The Balaban J connectivity index is 0.00000111. The molecule has 2 aromatic rings. The van der Waals surface area contributed by atoms with Gasteiger partial charge in [-0.05, 0) is 99.1 Å². The molecule has 0 aromatic heterocycles. The van der Waals surface area contributed by atoms with E-state index in [0.717, 1.165) is 37.2 Å². The molecule has 0 N–H and O–H groups in total. The molecule has 1 nitrogen and oxygen atoms in total. The Kier molecular flexibility index (Phi) is 22.7. The van der Waals surface area contributed by atoms with Crippen molar-refractivity contribution in [3.05, 3.63) is 83.5 Å². The summed E-state index contributed by atoms with van der Waals surface area (Å²) in [6.07, 6.45) is 16.0. The number of carbonyl (C=O) groups is 1. The molecule has 2 aromatic carbocycles. The van der Waals surface area contributed by atoms with E-state index in [1.54, 1.807) is 6.08 Å². The smallest absolute Gasteiger partial charge is 0.158 e. The summed E-state index contributed by atoms with van der Waals surface area (Å²) in [7, 11) is 0. The third-order valence-electron chi connectivity index (χ3n) is 7.62. The fourth-order valence-corrected chi connectivity index (χ4v) is 4.85. The van der Waals surface area contributed by atoms with E-state index < -0.39 is 6.17 Å². The summed E-state index contributed by atoms with van der Waals surface area (Å²) < 4.78 is 13.4. The maximum Gasteiger partial charge on any atom is 0.158 e. The number of rotatable bonds is 11. The minimum absolute atomic E-state index is 0.218. The number of carbonyl (C=O) groups excluding carboxylic acids is 1. The first-order chi connectivity index (χ1) is 19.7. The van der Waals surface area contributed by atoms with Gasteiger partial charge >= 0.3 is 0 Å². The molecule has 0 amide bonds. The first-order valence-corrected chi connectivity index (χ1v) is 16.3. The molecule has 1 saturated carbocycles. The minimum atomic E-state index is -0.657. The summed E-state index contributed by atoms with van der Waals surface area (Å²) >= 11 is 0. The lowest BCUT2D eigenvalue weighted by Crippen LogP contribution is -2.01. The van der Waals surface area contributed by atoms with Crippen LogP contribution in [0.15, 0.2) is 66.8 Å². The molecular formula is C39H61FO. The molecule has 230 valence electrons. The average molecular weight is 565 g/mol. The number of unbranched alkanes of at least 4 members (excludes halogenated alkanes) is 1. The van der Waals surface area contributed by atoms with E-state index >= 15 is 0 Å². The highest BCUT2D eigenvalue weighted by molar-refractivity contribution is 5.94. The van der Waals surface area contributed by atoms with Gasteiger partial charge in [0.1, 0.15) is 0 Å². The molecule has 0 bridgehead atoms. The Labute approximate surface area is 253 Å². The van der Waals surface area contributed by atoms with Crippen LogP contribution in [0.3, 0.4) is 0 Å². The first kappa shape index (κ1) is 38.5. The Morgan fingerprint density at radius 1 is 1.00 bits per heavy atom. The largest absolute Gasteiger partial charge is 0.295 e. The zero-order valence-corrected chi connectivity index (χ0v) is 27.8. The second kappa shape index (κ2) is 24.2. The number of Topliss-reactive ketones (excluding diaryl/α,β-unsaturated/α-hetero) is 1. The van der Waals surface area contributed by atoms with Crippen molar-refractivity contribution in [1.82, 2.24) is 0 Å². The van der Waals surface area contributed by atoms with Crippen LogP contribution in [0.25, 0.3) is 11.1 Å². The molecule has 0 heterocycles. The number of ketones is 1. The van der Waals surface area contributed by atoms with Crippen LogP contribution in [0.4, 0.5) is 4.39 Å². The van der Waals surface area contributed by atoms with Gasteiger partial charge in [-0.2, -0.15) is 0 Å². The summed E-state index contributed by atoms with van der Waals surface area (Å²) in [6, 6.07) is 15.2. The van der Waals surface area contributed by atoms with Gasteiger partial charge in [-0.3, -0.25) is 4.79 Å². The van der Waals surface area contributed by atoms with E-state index in [-0.39, 0.29) is 5.78 Å². The van der Waals surface area contributed by atoms with Gasteiger partial charge in [-0.25, -0.2) is 4.39 Å². The second-order valence-corrected chi connectivity index (χ2v) is 11.1. The highest BCUT2D eigenvalue weighted by Gasteiger charge is 2.09. The number of allylic oxidation sites excluding steroid dienone is 3. The lowest BCUT2D eigenvalue weighted by molar-refractivity contribution is -0.115. The van der Waals surface area contributed by atoms with Crippen molar-refractivity contribution >= 4 is 5.78 Å². The Morgan fingerprint density at radius 3 is 2.20 bits per heavy atom. The predicted molar refractivity (Wildman–Crippen MR) is 182 cm³/mol. The van der Waals surface area contributed by atoms with Crippen LogP contribution >= 0.6 is 0 Å². The van der Waals surface area contributed by atoms with Crippen LogP contribution in [-0.4, -0.2) is 12.0 Å². The number of hydrogen-bond donors (Lipinski definition) is 0. The minimum Gasteiger partial charge on any atom is -0.295 e. The normalized spacial score (nSPS) is 13.8. The van der Waals surface area contributed by atoms with Crippen molar-refractivity contribution in [3.8, 4) is 11.1 Å². The second-order valence-electron chi connectivity index (χ2n) is 11.1. The maximum atomic E-state index is 13.4. The molecule has 1 atom stereocenters. The van der Waals surface area contributed by atoms with Crippen molar-refractivity contribution in [3.63, 3.8) is 0 Å². The number of hydrogen-bond acceptors (Lipinski definition) is 1. The molecule has 1 aliphatic carbocycles. The molecule has 3 rings (SSSR count). The van der Waals surface area contributed by atoms with Gasteiger partial charge in [0.05, 0.1) is 6.17 Å². The van der Waals surface area contributed by atoms with E-state index in [1.165, 1.54) is 59.9 Å². The monoisotopic (exact) mass is 564 g/mol. The molecule has 0 spiro atoms. The van der Waals surface area contributed by atoms with Gasteiger partial charge in [0.2, 0.25) is 0 Å². The standard InChI is InChI=1S/C27H35FO.C7H14.C3H6.C2H6/c1-5-20(3)27(29)17-16-23-15-14-21(4)26(19-23)24-12-9-11-22(18-24)10-7-8-13-25(28)6-2;1-7-5-3-2-4-6-7;1-3-2;1-2/h5,9,11-12,14-15,18-19,25H,6-8,10,13,16-17H2,1-4H3;7H,2-6H2,1H3;3H,1H2,2H3;1-2H3/b20-5+;;;. The lowest BCUT2D eigenvalue weighted by atomic mass is 9.91. The molecule has 1 unspecified atom stereocenters. The number of alkyl halides is 1. The topological polar surface area (TPSA) is 17.1 Å². The van der Waals surface area contributed by atoms with Crippen molar-refractivity contribution in [2.24, 2.45) is 5.92 Å². The van der Waals surface area contributed by atoms with E-state index in [4.69, 9.17) is 0 Å². The molecule has 1 fully saturated rings. The van der Waals surface area contributed by atoms with Crippen LogP contribution in [0.1, 0.15) is 129 Å². The van der Waals surface area contributed by atoms with Crippen molar-refractivity contribution < 1.29 is 9.18 Å². The van der Waals surface area contributed by atoms with Crippen LogP contribution in [0, 0.1) is 12.8 Å². The van der Waals surface area contributed by atoms with Crippen LogP contribution in [-0.2, 0) is 17.6 Å². The third kappa shape index (κ3) is 17.2. The fourth-order valence-electron chi connectivity index (χ4n) is 4.85. The molecule has 0 saturated heterocycles. The summed E-state index contributed by atoms with van der Waals surface area (Å²) in [5.41, 5.74) is 7.03. The van der Waals surface area contributed by atoms with E-state index in [1.807, 2.05) is 47.6 Å². The molecule has 2 heteroatoms. The summed E-state index contributed by atoms with van der Waals surface area (Å²) in [5, 5.41) is 0. The molecule has 0 aliphatic heterocycles. The summed E-state index contributed by atoms with van der Waals surface area (Å²) in [4.78, 5) is 12.1. The van der Waals surface area contributed by atoms with Gasteiger partial charge in [-0.15, -0.1) is 6.58 Å². The van der Waals surface area contributed by atoms with Crippen LogP contribution < -0.4 is 0 Å². The molecule has 0 radical (unpaired) electrons. The highest BCUT2D eigenvalue weighted by Crippen LogP contribution is 2.27. The van der Waals surface area contributed by atoms with Gasteiger partial charge in [0.25, 0.3) is 0 Å². The highest BCUT2D eigenvalue weighted by atomic mass is 19.1. The van der Waals surface area contributed by atoms with Gasteiger partial charge in [-0.1, -0.05) is 121 Å². The molecule has 1 aliphatic rings. The van der Waals surface area contributed by atoms with Crippen molar-refractivity contribution in [2.75, 3.05) is 0 Å². The molecular weight excluding hydrogens is 503 g/mol. The number of aryl methyl sites for hydroxylation is 3. The van der Waals surface area contributed by atoms with Crippen molar-refractivity contribution in [2.45, 2.75) is 139 Å². The Hall–Kier alpha value is -2.48. The summed E-state index contributed by atoms with van der Waals surface area (Å²) in [5.74, 6) is 1.25. The van der Waals surface area contributed by atoms with Crippen LogP contribution in [0.5, 0.6) is 0 Å². The SMILES string of the molecule is C/C=C(\C)C(=O)CCc1ccc(C)c(-c2cccc(CCCCC(F)CC)c2)c1.C=CC.CC.CC1CCCCC1. The van der Waals surface area contributed by atoms with E-state index in [2.05, 4.69) is 62.9 Å². The average Bonchev–Trinajstić information content (AvgIpc) is 3.00. The van der Waals surface area contributed by atoms with E-state index in [0.29, 0.717) is 19.3 Å². The zero-order valence-electron chi connectivity index (χ0n) is 27.8. The van der Waals surface area contributed by atoms with Gasteiger partial charge in [0.15, 0.2) is 5.78 Å². The zero-order chi connectivity index (χ0) is 31.0. The molecule has 41 heavy (non-hydrogen) atoms. The van der Waals surface area contributed by atoms with Gasteiger partial charge < -0.3 is 0 Å². The fraction of sp³-hybridized carbons (Fsp3) is 0.564. The van der Waals surface area contributed by atoms with Crippen molar-refractivity contribution in [1.29, 1.82) is 0 Å². The number of halogens is 1. The number of benzene rings is 2. The maximum absolute atomic E-state index is 13.4. The first-order valence-electron chi connectivity index (χ1n) is 16.3. The van der Waals surface area contributed by atoms with Gasteiger partial charge in [0, 0.05) is 6.42 Å². The third-order valence-corrected chi connectivity index (χ3v) is 7.62. The lowest BCUT2D eigenvalue weighted by Gasteiger charge is -2.15. The predicted octanol–water partition coefficient (Wildman–Crippen LogP) is 12.4. The van der Waals surface area contributed by atoms with Crippen LogP contribution in [0.2, 0.25) is 0 Å². The Bertz CT molecular complexity index is 996.